The van der Waals surface area contributed by atoms with Crippen molar-refractivity contribution >= 4 is 23.6 Å². The molecule has 1 unspecified atom stereocenters. The molecule has 47 heavy (non-hydrogen) atoms. The maximum Gasteiger partial charge on any atom is 0.435 e. The Hall–Kier alpha value is -4.42. The molecule has 2 fully saturated rings. The molecule has 0 bridgehead atoms. The lowest BCUT2D eigenvalue weighted by Crippen LogP contribution is -2.38. The molecule has 0 radical (unpaired) electrons. The summed E-state index contributed by atoms with van der Waals surface area (Å²) in [7, 11) is 0. The van der Waals surface area contributed by atoms with Gasteiger partial charge >= 0.3 is 12.3 Å². The van der Waals surface area contributed by atoms with E-state index in [9.17, 15) is 27.6 Å². The van der Waals surface area contributed by atoms with E-state index in [1.807, 2.05) is 4.90 Å². The van der Waals surface area contributed by atoms with Gasteiger partial charge in [-0.1, -0.05) is 31.0 Å². The van der Waals surface area contributed by atoms with Crippen LogP contribution in [0.1, 0.15) is 99.1 Å². The van der Waals surface area contributed by atoms with Crippen LogP contribution in [-0.2, 0) is 22.3 Å². The summed E-state index contributed by atoms with van der Waals surface area (Å²) in [5.41, 5.74) is -1.45. The minimum absolute atomic E-state index is 0.00286. The SMILES string of the molecule is CC(C)(C)OC(=O)NCc1cccc(-n2nc(C(F)(F)F)cc2C(=O)Nc2cc(C(CCC3CC3)N3CCCCC3=O)ccc2F)c1. The molecule has 1 saturated carbocycles. The molecule has 5 rings (SSSR count). The summed E-state index contributed by atoms with van der Waals surface area (Å²) in [5.74, 6) is -1.15. The van der Waals surface area contributed by atoms with Crippen LogP contribution in [0.25, 0.3) is 5.69 Å². The highest BCUT2D eigenvalue weighted by molar-refractivity contribution is 6.03. The summed E-state index contributed by atoms with van der Waals surface area (Å²) in [6.45, 7) is 5.71. The van der Waals surface area contributed by atoms with Gasteiger partial charge < -0.3 is 20.3 Å². The van der Waals surface area contributed by atoms with E-state index in [-0.39, 0.29) is 29.9 Å². The Bertz CT molecular complexity index is 1630. The molecule has 1 aliphatic heterocycles. The van der Waals surface area contributed by atoms with Gasteiger partial charge in [0, 0.05) is 25.6 Å². The first-order chi connectivity index (χ1) is 22.2. The zero-order valence-corrected chi connectivity index (χ0v) is 26.6. The van der Waals surface area contributed by atoms with Crippen molar-refractivity contribution in [1.82, 2.24) is 20.0 Å². The molecule has 1 atom stereocenters. The van der Waals surface area contributed by atoms with E-state index in [0.29, 0.717) is 42.5 Å². The number of hydrogen-bond acceptors (Lipinski definition) is 5. The molecule has 9 nitrogen and oxygen atoms in total. The highest BCUT2D eigenvalue weighted by atomic mass is 19.4. The lowest BCUT2D eigenvalue weighted by Gasteiger charge is -2.35. The highest BCUT2D eigenvalue weighted by Crippen LogP contribution is 2.39. The van der Waals surface area contributed by atoms with Crippen LogP contribution in [0.15, 0.2) is 48.5 Å². The molecular formula is C34H39F4N5O4. The summed E-state index contributed by atoms with van der Waals surface area (Å²) in [6, 6.07) is 10.7. The van der Waals surface area contributed by atoms with Gasteiger partial charge in [0.25, 0.3) is 5.91 Å². The summed E-state index contributed by atoms with van der Waals surface area (Å²) < 4.78 is 62.6. The lowest BCUT2D eigenvalue weighted by atomic mass is 9.95. The number of halogens is 4. The first kappa shape index (κ1) is 33.9. The van der Waals surface area contributed by atoms with Crippen LogP contribution in [-0.4, -0.2) is 44.7 Å². The number of ether oxygens (including phenoxy) is 1. The number of rotatable bonds is 10. The Morgan fingerprint density at radius 2 is 1.83 bits per heavy atom. The molecule has 2 aromatic carbocycles. The molecule has 252 valence electrons. The van der Waals surface area contributed by atoms with Crippen LogP contribution in [0.4, 0.5) is 28.0 Å². The van der Waals surface area contributed by atoms with Crippen molar-refractivity contribution in [2.45, 2.75) is 90.1 Å². The molecule has 13 heteroatoms. The van der Waals surface area contributed by atoms with E-state index >= 15 is 4.39 Å². The number of likely N-dealkylation sites (tertiary alicyclic amines) is 1. The Kier molecular flexibility index (Phi) is 9.92. The van der Waals surface area contributed by atoms with Gasteiger partial charge in [-0.05, 0) is 87.8 Å². The number of piperidine rings is 1. The fraction of sp³-hybridized carbons (Fsp3) is 0.471. The number of amides is 3. The average molecular weight is 658 g/mol. The van der Waals surface area contributed by atoms with E-state index < -0.39 is 41.0 Å². The van der Waals surface area contributed by atoms with Crippen molar-refractivity contribution in [1.29, 1.82) is 0 Å². The van der Waals surface area contributed by atoms with Gasteiger partial charge in [0.2, 0.25) is 5.91 Å². The fourth-order valence-corrected chi connectivity index (χ4v) is 5.66. The Morgan fingerprint density at radius 3 is 2.51 bits per heavy atom. The van der Waals surface area contributed by atoms with Gasteiger partial charge in [-0.3, -0.25) is 9.59 Å². The van der Waals surface area contributed by atoms with Crippen molar-refractivity contribution in [3.63, 3.8) is 0 Å². The number of alkyl halides is 3. The van der Waals surface area contributed by atoms with Crippen LogP contribution in [0.2, 0.25) is 0 Å². The number of hydrogen-bond donors (Lipinski definition) is 2. The first-order valence-electron chi connectivity index (χ1n) is 15.8. The number of nitrogens with zero attached hydrogens (tertiary/aromatic N) is 3. The fourth-order valence-electron chi connectivity index (χ4n) is 5.66. The molecule has 3 aromatic rings. The second kappa shape index (κ2) is 13.7. The van der Waals surface area contributed by atoms with E-state index in [0.717, 1.165) is 36.8 Å². The quantitative estimate of drug-likeness (QED) is 0.219. The van der Waals surface area contributed by atoms with Crippen LogP contribution in [0.3, 0.4) is 0 Å². The number of alkyl carbamates (subject to hydrolysis) is 1. The van der Waals surface area contributed by atoms with E-state index in [2.05, 4.69) is 15.7 Å². The third-order valence-electron chi connectivity index (χ3n) is 8.13. The molecule has 0 spiro atoms. The maximum atomic E-state index is 15.1. The summed E-state index contributed by atoms with van der Waals surface area (Å²) in [5, 5.41) is 8.69. The highest BCUT2D eigenvalue weighted by Gasteiger charge is 2.36. The lowest BCUT2D eigenvalue weighted by molar-refractivity contribution is -0.141. The molecule has 3 amide bonds. The molecule has 2 N–H and O–H groups in total. The van der Waals surface area contributed by atoms with Gasteiger partial charge in [0.1, 0.15) is 17.1 Å². The number of aromatic nitrogens is 2. The van der Waals surface area contributed by atoms with Crippen molar-refractivity contribution in [2.24, 2.45) is 5.92 Å². The topological polar surface area (TPSA) is 106 Å². The minimum atomic E-state index is -4.86. The molecule has 2 aliphatic rings. The molecule has 1 saturated heterocycles. The molecular weight excluding hydrogens is 618 g/mol. The van der Waals surface area contributed by atoms with Crippen LogP contribution in [0, 0.1) is 11.7 Å². The third kappa shape index (κ3) is 8.89. The molecule has 1 aromatic heterocycles. The third-order valence-corrected chi connectivity index (χ3v) is 8.13. The number of nitrogens with one attached hydrogen (secondary N) is 2. The zero-order chi connectivity index (χ0) is 33.9. The predicted octanol–water partition coefficient (Wildman–Crippen LogP) is 7.55. The first-order valence-corrected chi connectivity index (χ1v) is 15.8. The predicted molar refractivity (Wildman–Crippen MR) is 166 cm³/mol. The largest absolute Gasteiger partial charge is 0.444 e. The summed E-state index contributed by atoms with van der Waals surface area (Å²) >= 11 is 0. The van der Waals surface area contributed by atoms with Crippen molar-refractivity contribution in [3.8, 4) is 5.69 Å². The van der Waals surface area contributed by atoms with Crippen LogP contribution in [0.5, 0.6) is 0 Å². The smallest absolute Gasteiger partial charge is 0.435 e. The minimum Gasteiger partial charge on any atom is -0.444 e. The van der Waals surface area contributed by atoms with Crippen LogP contribution >= 0.6 is 0 Å². The zero-order valence-electron chi connectivity index (χ0n) is 26.6. The van der Waals surface area contributed by atoms with E-state index in [4.69, 9.17) is 4.74 Å². The van der Waals surface area contributed by atoms with Crippen molar-refractivity contribution in [3.05, 3.63) is 76.9 Å². The Labute approximate surface area is 270 Å². The van der Waals surface area contributed by atoms with E-state index in [1.165, 1.54) is 24.3 Å². The van der Waals surface area contributed by atoms with Gasteiger partial charge in [-0.2, -0.15) is 18.3 Å². The Morgan fingerprint density at radius 1 is 1.06 bits per heavy atom. The monoisotopic (exact) mass is 657 g/mol. The van der Waals surface area contributed by atoms with E-state index in [1.54, 1.807) is 39.0 Å². The number of carbonyl (C=O) groups is 3. The van der Waals surface area contributed by atoms with Crippen LogP contribution < -0.4 is 10.6 Å². The Balaban J connectivity index is 1.41. The summed E-state index contributed by atoms with van der Waals surface area (Å²) in [6.07, 6.45) is 0.461. The van der Waals surface area contributed by atoms with Crippen molar-refractivity contribution in [2.75, 3.05) is 11.9 Å². The van der Waals surface area contributed by atoms with Gasteiger partial charge in [0.05, 0.1) is 17.4 Å². The van der Waals surface area contributed by atoms with Crippen molar-refractivity contribution < 1.29 is 36.7 Å². The second-order valence-corrected chi connectivity index (χ2v) is 13.1. The second-order valence-electron chi connectivity index (χ2n) is 13.1. The molecule has 1 aliphatic carbocycles. The summed E-state index contributed by atoms with van der Waals surface area (Å²) in [4.78, 5) is 40.3. The number of carbonyl (C=O) groups excluding carboxylic acids is 3. The van der Waals surface area contributed by atoms with Gasteiger partial charge in [-0.15, -0.1) is 0 Å². The normalized spacial score (nSPS) is 16.1. The average Bonchev–Trinajstić information content (AvgIpc) is 3.71. The number of anilines is 1. The van der Waals surface area contributed by atoms with Gasteiger partial charge in [-0.25, -0.2) is 13.9 Å². The maximum absolute atomic E-state index is 15.1. The molecule has 2 heterocycles. The standard InChI is InChI=1S/C34H39F4N5O4/c1-33(2,3)47-32(46)39-20-22-7-6-8-24(17-22)43-28(19-29(41-43)34(36,37)38)31(45)40-26-18-23(13-14-25(26)35)27(15-12-21-10-11-21)42-16-5-4-9-30(42)44/h6-8,13-14,17-19,21,27H,4-5,9-12,15-16,20H2,1-3H3,(H,39,46)(H,40,45). The number of benzene rings is 2. The van der Waals surface area contributed by atoms with Gasteiger partial charge in [0.15, 0.2) is 5.69 Å².